The minimum Gasteiger partial charge on any atom is -0.304 e. The number of carbonyl (C=O) groups excluding carboxylic acids is 1. The fourth-order valence-electron chi connectivity index (χ4n) is 1.69. The first-order chi connectivity index (χ1) is 10.5. The highest BCUT2D eigenvalue weighted by molar-refractivity contribution is 8.14. The van der Waals surface area contributed by atoms with Crippen LogP contribution in [0.3, 0.4) is 0 Å². The van der Waals surface area contributed by atoms with E-state index in [1.54, 1.807) is 17.5 Å². The third-order valence-electron chi connectivity index (χ3n) is 2.65. The predicted octanol–water partition coefficient (Wildman–Crippen LogP) is 2.43. The first kappa shape index (κ1) is 15.0. The number of thiazole rings is 1. The summed E-state index contributed by atoms with van der Waals surface area (Å²) in [4.78, 5) is 19.3. The molecule has 1 fully saturated rings. The average molecular weight is 354 g/mol. The molecule has 1 aromatic carbocycles. The molecule has 2 N–H and O–H groups in total. The van der Waals surface area contributed by atoms with Gasteiger partial charge in [-0.25, -0.2) is 18.4 Å². The highest BCUT2D eigenvalue weighted by atomic mass is 32.2. The lowest BCUT2D eigenvalue weighted by molar-refractivity contribution is 0.265. The molecule has 114 valence electrons. The van der Waals surface area contributed by atoms with E-state index in [1.165, 1.54) is 29.7 Å². The first-order valence-corrected chi connectivity index (χ1v) is 9.41. The number of sulfonamides is 1. The summed E-state index contributed by atoms with van der Waals surface area (Å²) in [6, 6.07) is 6.08. The van der Waals surface area contributed by atoms with Gasteiger partial charge < -0.3 is 5.32 Å². The molecule has 1 aromatic heterocycles. The van der Waals surface area contributed by atoms with Crippen molar-refractivity contribution in [1.82, 2.24) is 10.3 Å². The Morgan fingerprint density at radius 1 is 1.27 bits per heavy atom. The summed E-state index contributed by atoms with van der Waals surface area (Å²) < 4.78 is 26.7. The van der Waals surface area contributed by atoms with Crippen LogP contribution in [0.5, 0.6) is 0 Å². The second-order valence-electron chi connectivity index (χ2n) is 4.20. The number of amidine groups is 1. The van der Waals surface area contributed by atoms with Crippen LogP contribution >= 0.6 is 23.1 Å². The number of nitrogens with one attached hydrogen (secondary N) is 2. The predicted molar refractivity (Wildman–Crippen MR) is 87.4 cm³/mol. The number of nitrogens with zero attached hydrogens (tertiary/aromatic N) is 2. The molecular weight excluding hydrogens is 344 g/mol. The molecule has 0 spiro atoms. The molecule has 7 nitrogen and oxygen atoms in total. The van der Waals surface area contributed by atoms with Crippen LogP contribution in [-0.2, 0) is 10.0 Å². The number of amides is 1. The van der Waals surface area contributed by atoms with Crippen LogP contribution < -0.4 is 10.0 Å². The Balaban J connectivity index is 1.77. The molecule has 1 aliphatic heterocycles. The Morgan fingerprint density at radius 3 is 2.64 bits per heavy atom. The molecule has 0 atom stereocenters. The molecule has 1 amide bonds. The van der Waals surface area contributed by atoms with E-state index in [1.807, 2.05) is 0 Å². The van der Waals surface area contributed by atoms with Gasteiger partial charge in [-0.15, -0.1) is 11.3 Å². The maximum absolute atomic E-state index is 12.2. The maximum Gasteiger partial charge on any atom is 0.284 e. The highest BCUT2D eigenvalue weighted by Gasteiger charge is 2.17. The van der Waals surface area contributed by atoms with Gasteiger partial charge in [-0.3, -0.25) is 9.52 Å². The molecule has 1 aliphatic rings. The Bertz CT molecular complexity index is 814. The van der Waals surface area contributed by atoms with E-state index in [4.69, 9.17) is 0 Å². The van der Waals surface area contributed by atoms with Crippen molar-refractivity contribution in [2.45, 2.75) is 4.90 Å². The van der Waals surface area contributed by atoms with Crippen molar-refractivity contribution in [3.63, 3.8) is 0 Å². The van der Waals surface area contributed by atoms with Crippen LogP contribution in [0.1, 0.15) is 0 Å². The molecule has 2 aromatic rings. The van der Waals surface area contributed by atoms with Crippen LogP contribution in [0.25, 0.3) is 0 Å². The Labute approximate surface area is 134 Å². The second kappa shape index (κ2) is 6.07. The lowest BCUT2D eigenvalue weighted by Gasteiger charge is -2.05. The molecular formula is C12H10N4O3S3. The van der Waals surface area contributed by atoms with Gasteiger partial charge in [-0.1, -0.05) is 11.8 Å². The van der Waals surface area contributed by atoms with E-state index in [0.29, 0.717) is 22.4 Å². The Morgan fingerprint density at radius 2 is 2.05 bits per heavy atom. The van der Waals surface area contributed by atoms with Crippen molar-refractivity contribution in [3.8, 4) is 0 Å². The van der Waals surface area contributed by atoms with Crippen molar-refractivity contribution in [1.29, 1.82) is 0 Å². The zero-order chi connectivity index (χ0) is 15.6. The van der Waals surface area contributed by atoms with Crippen molar-refractivity contribution in [3.05, 3.63) is 35.8 Å². The molecule has 0 saturated carbocycles. The van der Waals surface area contributed by atoms with Gasteiger partial charge in [-0.2, -0.15) is 0 Å². The minimum atomic E-state index is -3.66. The van der Waals surface area contributed by atoms with E-state index < -0.39 is 10.0 Å². The zero-order valence-electron chi connectivity index (χ0n) is 11.0. The molecule has 3 rings (SSSR count). The summed E-state index contributed by atoms with van der Waals surface area (Å²) in [7, 11) is -3.66. The van der Waals surface area contributed by atoms with Gasteiger partial charge in [0.15, 0.2) is 5.13 Å². The summed E-state index contributed by atoms with van der Waals surface area (Å²) >= 11 is 2.34. The van der Waals surface area contributed by atoms with Crippen LogP contribution in [-0.4, -0.2) is 30.2 Å². The zero-order valence-corrected chi connectivity index (χ0v) is 13.5. The van der Waals surface area contributed by atoms with Crippen LogP contribution in [0.4, 0.5) is 15.6 Å². The fraction of sp³-hybridized carbons (Fsp3) is 0.0833. The number of rotatable bonds is 4. The lowest BCUT2D eigenvalue weighted by atomic mass is 10.3. The normalized spacial score (nSPS) is 16.7. The van der Waals surface area contributed by atoms with Gasteiger partial charge in [0.25, 0.3) is 15.3 Å². The summed E-state index contributed by atoms with van der Waals surface area (Å²) in [5.41, 5.74) is 0.575. The van der Waals surface area contributed by atoms with E-state index in [0.717, 1.165) is 11.8 Å². The van der Waals surface area contributed by atoms with E-state index in [9.17, 15) is 13.2 Å². The molecule has 10 heteroatoms. The van der Waals surface area contributed by atoms with Crippen LogP contribution in [0.15, 0.2) is 45.7 Å². The largest absolute Gasteiger partial charge is 0.304 e. The molecule has 0 aliphatic carbocycles. The third kappa shape index (κ3) is 3.46. The van der Waals surface area contributed by atoms with Gasteiger partial charge in [0.1, 0.15) is 5.84 Å². The first-order valence-electron chi connectivity index (χ1n) is 6.07. The van der Waals surface area contributed by atoms with E-state index in [2.05, 4.69) is 20.0 Å². The number of hydrogen-bond acceptors (Lipinski definition) is 7. The molecule has 0 unspecified atom stereocenters. The van der Waals surface area contributed by atoms with Crippen molar-refractivity contribution >= 4 is 55.0 Å². The number of aromatic nitrogens is 1. The number of carbonyl (C=O) groups is 1. The number of aliphatic imine (C=N–C) groups is 1. The summed E-state index contributed by atoms with van der Waals surface area (Å²) in [6.45, 7) is 0. The minimum absolute atomic E-state index is 0.122. The van der Waals surface area contributed by atoms with E-state index in [-0.39, 0.29) is 10.1 Å². The monoisotopic (exact) mass is 354 g/mol. The van der Waals surface area contributed by atoms with Crippen molar-refractivity contribution in [2.24, 2.45) is 4.99 Å². The van der Waals surface area contributed by atoms with Gasteiger partial charge in [0.05, 0.1) is 16.3 Å². The SMILES string of the molecule is O=C1NC(=Nc2ccc(S(=O)(=O)Nc3nccs3)cc2)CS1. The standard InChI is InChI=1S/C12H10N4O3S3/c17-12-15-10(7-21-12)14-8-1-3-9(4-2-8)22(18,19)16-11-13-5-6-20-11/h1-6H,7H2,(H,13,16)(H,14,15,17). The number of benzene rings is 1. The van der Waals surface area contributed by atoms with Gasteiger partial charge in [0.2, 0.25) is 0 Å². The second-order valence-corrected chi connectivity index (χ2v) is 7.72. The van der Waals surface area contributed by atoms with Gasteiger partial charge in [0, 0.05) is 11.6 Å². The molecule has 0 bridgehead atoms. The quantitative estimate of drug-likeness (QED) is 0.878. The number of hydrogen-bond donors (Lipinski definition) is 2. The van der Waals surface area contributed by atoms with Crippen LogP contribution in [0, 0.1) is 0 Å². The maximum atomic E-state index is 12.2. The number of thioether (sulfide) groups is 1. The van der Waals surface area contributed by atoms with E-state index >= 15 is 0 Å². The molecule has 22 heavy (non-hydrogen) atoms. The smallest absolute Gasteiger partial charge is 0.284 e. The molecule has 1 saturated heterocycles. The molecule has 2 heterocycles. The fourth-order valence-corrected chi connectivity index (χ4v) is 4.07. The van der Waals surface area contributed by atoms with Gasteiger partial charge >= 0.3 is 0 Å². The number of anilines is 1. The van der Waals surface area contributed by atoms with Gasteiger partial charge in [-0.05, 0) is 24.3 Å². The summed E-state index contributed by atoms with van der Waals surface area (Å²) in [5.74, 6) is 1.05. The lowest BCUT2D eigenvalue weighted by Crippen LogP contribution is -2.19. The van der Waals surface area contributed by atoms with Crippen molar-refractivity contribution < 1.29 is 13.2 Å². The van der Waals surface area contributed by atoms with Crippen molar-refractivity contribution in [2.75, 3.05) is 10.5 Å². The highest BCUT2D eigenvalue weighted by Crippen LogP contribution is 2.21. The topological polar surface area (TPSA) is 101 Å². The Kier molecular flexibility index (Phi) is 4.14. The molecule has 0 radical (unpaired) electrons. The Hall–Kier alpha value is -1.91. The summed E-state index contributed by atoms with van der Waals surface area (Å²) in [6.07, 6.45) is 1.52. The van der Waals surface area contributed by atoms with Crippen LogP contribution in [0.2, 0.25) is 0 Å². The average Bonchev–Trinajstić information content (AvgIpc) is 3.11. The summed E-state index contributed by atoms with van der Waals surface area (Å²) in [5, 5.41) is 4.48. The third-order valence-corrected chi connectivity index (χ3v) is 5.61.